The monoisotopic (exact) mass is 318 g/mol. The molecule has 130 valence electrons. The number of rotatable bonds is 8. The number of likely N-dealkylation sites (N-methyl/N-ethyl adjacent to an activating group) is 1. The van der Waals surface area contributed by atoms with Gasteiger partial charge in [-0.2, -0.15) is 0 Å². The number of aryl methyl sites for hydroxylation is 1. The molecule has 0 unspecified atom stereocenters. The molecule has 2 rings (SSSR count). The molecular weight excluding hydrogens is 284 g/mol. The maximum atomic E-state index is 5.92. The first-order chi connectivity index (χ1) is 11.1. The fraction of sp³-hybridized carbons (Fsp3) is 0.700. The maximum absolute atomic E-state index is 5.92. The summed E-state index contributed by atoms with van der Waals surface area (Å²) in [4.78, 5) is 5.12. The van der Waals surface area contributed by atoms with Crippen LogP contribution in [0.3, 0.4) is 0 Å². The first-order valence-corrected chi connectivity index (χ1v) is 9.28. The standard InChI is InChI=1S/C20H34N2O/c1-5-21-11-13-22(14-12-21)10-6-7-15-23-19-8-9-20(17(2)3)18(4)16-19/h8-9,16-17H,5-7,10-15H2,1-4H3. The van der Waals surface area contributed by atoms with Crippen LogP contribution >= 0.6 is 0 Å². The summed E-state index contributed by atoms with van der Waals surface area (Å²) < 4.78 is 5.92. The van der Waals surface area contributed by atoms with Crippen molar-refractivity contribution in [1.29, 1.82) is 0 Å². The van der Waals surface area contributed by atoms with Crippen LogP contribution in [0.5, 0.6) is 5.75 Å². The molecule has 0 aromatic heterocycles. The van der Waals surface area contributed by atoms with Crippen LogP contribution < -0.4 is 4.74 Å². The quantitative estimate of drug-likeness (QED) is 0.676. The van der Waals surface area contributed by atoms with E-state index in [1.807, 2.05) is 0 Å². The largest absolute Gasteiger partial charge is 0.494 e. The van der Waals surface area contributed by atoms with E-state index in [4.69, 9.17) is 4.74 Å². The van der Waals surface area contributed by atoms with E-state index in [2.05, 4.69) is 55.7 Å². The smallest absolute Gasteiger partial charge is 0.119 e. The lowest BCUT2D eigenvalue weighted by molar-refractivity contribution is 0.134. The molecule has 0 amide bonds. The Morgan fingerprint density at radius 1 is 1.04 bits per heavy atom. The van der Waals surface area contributed by atoms with Crippen molar-refractivity contribution in [2.45, 2.75) is 46.5 Å². The Balaban J connectivity index is 1.61. The molecule has 0 N–H and O–H groups in total. The maximum Gasteiger partial charge on any atom is 0.119 e. The fourth-order valence-corrected chi connectivity index (χ4v) is 3.34. The summed E-state index contributed by atoms with van der Waals surface area (Å²) in [5.74, 6) is 1.60. The normalized spacial score (nSPS) is 16.9. The topological polar surface area (TPSA) is 15.7 Å². The molecule has 0 spiro atoms. The Bertz CT molecular complexity index is 465. The number of benzene rings is 1. The Morgan fingerprint density at radius 2 is 1.74 bits per heavy atom. The highest BCUT2D eigenvalue weighted by molar-refractivity contribution is 5.36. The van der Waals surface area contributed by atoms with Gasteiger partial charge in [0.1, 0.15) is 5.75 Å². The Hall–Kier alpha value is -1.06. The van der Waals surface area contributed by atoms with E-state index >= 15 is 0 Å². The van der Waals surface area contributed by atoms with E-state index in [-0.39, 0.29) is 0 Å². The molecule has 1 aromatic carbocycles. The third kappa shape index (κ3) is 5.82. The predicted molar refractivity (Wildman–Crippen MR) is 98.6 cm³/mol. The van der Waals surface area contributed by atoms with Gasteiger partial charge in [0.25, 0.3) is 0 Å². The summed E-state index contributed by atoms with van der Waals surface area (Å²) >= 11 is 0. The SMILES string of the molecule is CCN1CCN(CCCCOc2ccc(C(C)C)c(C)c2)CC1. The molecule has 1 saturated heterocycles. The van der Waals surface area contributed by atoms with Gasteiger partial charge < -0.3 is 14.5 Å². The van der Waals surface area contributed by atoms with Crippen LogP contribution in [0.1, 0.15) is 50.7 Å². The minimum absolute atomic E-state index is 0.581. The molecule has 3 heteroatoms. The number of piperazine rings is 1. The third-order valence-electron chi connectivity index (χ3n) is 4.91. The van der Waals surface area contributed by atoms with Gasteiger partial charge in [-0.15, -0.1) is 0 Å². The van der Waals surface area contributed by atoms with E-state index < -0.39 is 0 Å². The zero-order chi connectivity index (χ0) is 16.7. The summed E-state index contributed by atoms with van der Waals surface area (Å²) in [6.45, 7) is 17.1. The lowest BCUT2D eigenvalue weighted by Gasteiger charge is -2.33. The van der Waals surface area contributed by atoms with Gasteiger partial charge in [-0.1, -0.05) is 26.8 Å². The average molecular weight is 319 g/mol. The van der Waals surface area contributed by atoms with Crippen molar-refractivity contribution in [2.75, 3.05) is 45.9 Å². The molecule has 1 aliphatic rings. The van der Waals surface area contributed by atoms with Crippen LogP contribution in [0, 0.1) is 6.92 Å². The van der Waals surface area contributed by atoms with Crippen molar-refractivity contribution in [3.63, 3.8) is 0 Å². The van der Waals surface area contributed by atoms with Crippen molar-refractivity contribution >= 4 is 0 Å². The van der Waals surface area contributed by atoms with Crippen LogP contribution in [-0.2, 0) is 0 Å². The molecule has 0 saturated carbocycles. The lowest BCUT2D eigenvalue weighted by Crippen LogP contribution is -2.46. The van der Waals surface area contributed by atoms with Crippen molar-refractivity contribution in [3.8, 4) is 5.75 Å². The van der Waals surface area contributed by atoms with Crippen LogP contribution in [0.2, 0.25) is 0 Å². The van der Waals surface area contributed by atoms with Gasteiger partial charge in [0.15, 0.2) is 0 Å². The second-order valence-electron chi connectivity index (χ2n) is 7.00. The van der Waals surface area contributed by atoms with Crippen LogP contribution in [0.4, 0.5) is 0 Å². The molecule has 0 bridgehead atoms. The summed E-state index contributed by atoms with van der Waals surface area (Å²) in [6.07, 6.45) is 2.37. The van der Waals surface area contributed by atoms with E-state index in [1.54, 1.807) is 0 Å². The molecule has 0 atom stereocenters. The molecule has 1 fully saturated rings. The highest BCUT2D eigenvalue weighted by Crippen LogP contribution is 2.23. The van der Waals surface area contributed by atoms with E-state index in [0.29, 0.717) is 5.92 Å². The molecule has 1 heterocycles. The highest BCUT2D eigenvalue weighted by Gasteiger charge is 2.14. The van der Waals surface area contributed by atoms with Crippen molar-refractivity contribution in [3.05, 3.63) is 29.3 Å². The highest BCUT2D eigenvalue weighted by atomic mass is 16.5. The van der Waals surface area contributed by atoms with Gasteiger partial charge in [0, 0.05) is 26.2 Å². The predicted octanol–water partition coefficient (Wildman–Crippen LogP) is 3.91. The van der Waals surface area contributed by atoms with Gasteiger partial charge in [0.05, 0.1) is 6.61 Å². The van der Waals surface area contributed by atoms with Crippen molar-refractivity contribution < 1.29 is 4.74 Å². The van der Waals surface area contributed by atoms with Crippen LogP contribution in [0.25, 0.3) is 0 Å². The minimum Gasteiger partial charge on any atom is -0.494 e. The van der Waals surface area contributed by atoms with Gasteiger partial charge in [-0.3, -0.25) is 0 Å². The van der Waals surface area contributed by atoms with Crippen LogP contribution in [-0.4, -0.2) is 55.7 Å². The zero-order valence-corrected chi connectivity index (χ0v) is 15.5. The summed E-state index contributed by atoms with van der Waals surface area (Å²) in [7, 11) is 0. The van der Waals surface area contributed by atoms with Gasteiger partial charge in [-0.05, 0) is 62.0 Å². The summed E-state index contributed by atoms with van der Waals surface area (Å²) in [5, 5.41) is 0. The molecule has 3 nitrogen and oxygen atoms in total. The zero-order valence-electron chi connectivity index (χ0n) is 15.5. The Labute approximate surface area is 142 Å². The third-order valence-corrected chi connectivity index (χ3v) is 4.91. The summed E-state index contributed by atoms with van der Waals surface area (Å²) in [5.41, 5.74) is 2.76. The minimum atomic E-state index is 0.581. The molecule has 23 heavy (non-hydrogen) atoms. The number of hydrogen-bond acceptors (Lipinski definition) is 3. The molecule has 1 aromatic rings. The van der Waals surface area contributed by atoms with Gasteiger partial charge in [0.2, 0.25) is 0 Å². The number of hydrogen-bond donors (Lipinski definition) is 0. The molecule has 0 aliphatic carbocycles. The average Bonchev–Trinajstić information content (AvgIpc) is 2.55. The van der Waals surface area contributed by atoms with Gasteiger partial charge in [-0.25, -0.2) is 0 Å². The molecule has 0 radical (unpaired) electrons. The lowest BCUT2D eigenvalue weighted by atomic mass is 9.98. The second kappa shape index (κ2) is 9.29. The second-order valence-corrected chi connectivity index (χ2v) is 7.00. The molecule has 1 aliphatic heterocycles. The van der Waals surface area contributed by atoms with Crippen molar-refractivity contribution in [1.82, 2.24) is 9.80 Å². The summed E-state index contributed by atoms with van der Waals surface area (Å²) in [6, 6.07) is 6.51. The van der Waals surface area contributed by atoms with E-state index in [1.165, 1.54) is 56.8 Å². The number of unbranched alkanes of at least 4 members (excludes halogenated alkanes) is 1. The van der Waals surface area contributed by atoms with Crippen molar-refractivity contribution in [2.24, 2.45) is 0 Å². The number of ether oxygens (including phenoxy) is 1. The molecular formula is C20H34N2O. The van der Waals surface area contributed by atoms with E-state index in [9.17, 15) is 0 Å². The fourth-order valence-electron chi connectivity index (χ4n) is 3.34. The van der Waals surface area contributed by atoms with Gasteiger partial charge >= 0.3 is 0 Å². The first kappa shape index (κ1) is 18.3. The van der Waals surface area contributed by atoms with E-state index in [0.717, 1.165) is 18.8 Å². The Morgan fingerprint density at radius 3 is 2.35 bits per heavy atom. The first-order valence-electron chi connectivity index (χ1n) is 9.28. The van der Waals surface area contributed by atoms with Crippen LogP contribution in [0.15, 0.2) is 18.2 Å². The number of nitrogens with zero attached hydrogens (tertiary/aromatic N) is 2. The Kier molecular flexibility index (Phi) is 7.38.